The van der Waals surface area contributed by atoms with Crippen LogP contribution in [0.5, 0.6) is 0 Å². The van der Waals surface area contributed by atoms with Gasteiger partial charge in [0.15, 0.2) is 0 Å². The van der Waals surface area contributed by atoms with Crippen LogP contribution < -0.4 is 0 Å². The zero-order valence-corrected chi connectivity index (χ0v) is 11.2. The van der Waals surface area contributed by atoms with Crippen LogP contribution in [0.25, 0.3) is 0 Å². The van der Waals surface area contributed by atoms with E-state index in [1.54, 1.807) is 0 Å². The highest BCUT2D eigenvalue weighted by Gasteiger charge is 2.27. The lowest BCUT2D eigenvalue weighted by Crippen LogP contribution is -2.23. The fourth-order valence-electron chi connectivity index (χ4n) is 2.54. The Morgan fingerprint density at radius 1 is 0.688 bits per heavy atom. The largest absolute Gasteiger partial charge is 0.396 e. The third-order valence-electron chi connectivity index (χ3n) is 3.63. The van der Waals surface area contributed by atoms with E-state index < -0.39 is 0 Å². The van der Waals surface area contributed by atoms with Crippen LogP contribution in [0.15, 0.2) is 0 Å². The van der Waals surface area contributed by atoms with Gasteiger partial charge < -0.3 is 10.2 Å². The topological polar surface area (TPSA) is 40.5 Å². The van der Waals surface area contributed by atoms with Gasteiger partial charge in [0, 0.05) is 13.2 Å². The van der Waals surface area contributed by atoms with Gasteiger partial charge in [-0.05, 0) is 37.5 Å². The smallest absolute Gasteiger partial charge is 0.0436 e. The van der Waals surface area contributed by atoms with E-state index in [-0.39, 0.29) is 6.61 Å². The second-order valence-corrected chi connectivity index (χ2v) is 5.01. The summed E-state index contributed by atoms with van der Waals surface area (Å²) >= 11 is 0. The normalized spacial score (nSPS) is 12.0. The zero-order chi connectivity index (χ0) is 12.3. The molecule has 0 rings (SSSR count). The number of hydrogen-bond acceptors (Lipinski definition) is 2. The summed E-state index contributed by atoms with van der Waals surface area (Å²) in [5.41, 5.74) is 0.295. The van der Waals surface area contributed by atoms with Gasteiger partial charge in [0.1, 0.15) is 0 Å². The van der Waals surface area contributed by atoms with Crippen LogP contribution in [0.4, 0.5) is 0 Å². The molecule has 0 aromatic rings. The lowest BCUT2D eigenvalue weighted by atomic mass is 9.72. The quantitative estimate of drug-likeness (QED) is 0.570. The van der Waals surface area contributed by atoms with Gasteiger partial charge >= 0.3 is 0 Å². The highest BCUT2D eigenvalue weighted by atomic mass is 16.3. The van der Waals surface area contributed by atoms with Gasteiger partial charge in [-0.25, -0.2) is 0 Å². The Morgan fingerprint density at radius 3 is 1.56 bits per heavy atom. The average molecular weight is 230 g/mol. The molecule has 2 nitrogen and oxygen atoms in total. The summed E-state index contributed by atoms with van der Waals surface area (Å²) in [6, 6.07) is 0. The fraction of sp³-hybridized carbons (Fsp3) is 1.00. The Hall–Kier alpha value is -0.0800. The summed E-state index contributed by atoms with van der Waals surface area (Å²) in [5, 5.41) is 18.2. The zero-order valence-electron chi connectivity index (χ0n) is 11.2. The molecule has 0 fully saturated rings. The van der Waals surface area contributed by atoms with Crippen molar-refractivity contribution in [3.05, 3.63) is 0 Å². The molecule has 2 heteroatoms. The lowest BCUT2D eigenvalue weighted by Gasteiger charge is -2.34. The summed E-state index contributed by atoms with van der Waals surface area (Å²) < 4.78 is 0. The highest BCUT2D eigenvalue weighted by molar-refractivity contribution is 4.79. The van der Waals surface area contributed by atoms with E-state index in [0.717, 1.165) is 19.3 Å². The van der Waals surface area contributed by atoms with Crippen LogP contribution in [0.3, 0.4) is 0 Å². The summed E-state index contributed by atoms with van der Waals surface area (Å²) in [6.07, 6.45) is 10.2. The summed E-state index contributed by atoms with van der Waals surface area (Å²) in [4.78, 5) is 0. The highest BCUT2D eigenvalue weighted by Crippen LogP contribution is 2.39. The molecule has 0 spiro atoms. The van der Waals surface area contributed by atoms with Crippen molar-refractivity contribution < 1.29 is 10.2 Å². The van der Waals surface area contributed by atoms with E-state index >= 15 is 0 Å². The van der Waals surface area contributed by atoms with Crippen molar-refractivity contribution >= 4 is 0 Å². The number of rotatable bonds is 11. The monoisotopic (exact) mass is 230 g/mol. The van der Waals surface area contributed by atoms with Crippen LogP contribution in [-0.2, 0) is 0 Å². The predicted molar refractivity (Wildman–Crippen MR) is 69.5 cm³/mol. The molecule has 0 aliphatic rings. The van der Waals surface area contributed by atoms with Gasteiger partial charge in [-0.15, -0.1) is 0 Å². The van der Waals surface area contributed by atoms with Crippen LogP contribution in [0.1, 0.15) is 71.6 Å². The molecule has 98 valence electrons. The number of aliphatic hydroxyl groups excluding tert-OH is 2. The van der Waals surface area contributed by atoms with Gasteiger partial charge in [-0.2, -0.15) is 0 Å². The van der Waals surface area contributed by atoms with Crippen molar-refractivity contribution in [2.45, 2.75) is 71.6 Å². The summed E-state index contributed by atoms with van der Waals surface area (Å²) in [5.74, 6) is 0. The number of aliphatic hydroxyl groups is 2. The molecule has 0 aliphatic carbocycles. The maximum absolute atomic E-state index is 9.24. The Bertz CT molecular complexity index is 124. The Kier molecular flexibility index (Phi) is 10.0. The van der Waals surface area contributed by atoms with Crippen molar-refractivity contribution in [2.75, 3.05) is 13.2 Å². The van der Waals surface area contributed by atoms with E-state index in [2.05, 4.69) is 13.8 Å². The van der Waals surface area contributed by atoms with Gasteiger partial charge in [0.05, 0.1) is 0 Å². The molecule has 0 aromatic carbocycles. The van der Waals surface area contributed by atoms with Gasteiger partial charge in [0.2, 0.25) is 0 Å². The molecule has 0 aromatic heterocycles. The third kappa shape index (κ3) is 6.49. The van der Waals surface area contributed by atoms with Crippen LogP contribution in [0, 0.1) is 5.41 Å². The van der Waals surface area contributed by atoms with Crippen LogP contribution >= 0.6 is 0 Å². The van der Waals surface area contributed by atoms with Gasteiger partial charge in [-0.1, -0.05) is 39.5 Å². The first-order valence-corrected chi connectivity index (χ1v) is 6.96. The first kappa shape index (κ1) is 15.9. The lowest BCUT2D eigenvalue weighted by molar-refractivity contribution is 0.125. The Labute approximate surface area is 101 Å². The second-order valence-electron chi connectivity index (χ2n) is 5.01. The Balaban J connectivity index is 4.32. The van der Waals surface area contributed by atoms with Gasteiger partial charge in [0.25, 0.3) is 0 Å². The third-order valence-corrected chi connectivity index (χ3v) is 3.63. The minimum Gasteiger partial charge on any atom is -0.396 e. The molecular weight excluding hydrogens is 200 g/mol. The minimum absolute atomic E-state index is 0.283. The van der Waals surface area contributed by atoms with E-state index in [0.29, 0.717) is 12.0 Å². The Morgan fingerprint density at radius 2 is 1.19 bits per heavy atom. The van der Waals surface area contributed by atoms with E-state index in [9.17, 15) is 5.11 Å². The maximum Gasteiger partial charge on any atom is 0.0436 e. The first-order chi connectivity index (χ1) is 7.74. The van der Waals surface area contributed by atoms with Crippen LogP contribution in [0.2, 0.25) is 0 Å². The molecule has 0 aliphatic heterocycles. The molecule has 2 N–H and O–H groups in total. The maximum atomic E-state index is 9.24. The molecule has 0 saturated carbocycles. The number of unbranched alkanes of at least 4 members (excludes halogenated alkanes) is 2. The second kappa shape index (κ2) is 10.1. The van der Waals surface area contributed by atoms with E-state index in [1.807, 2.05) is 0 Å². The average Bonchev–Trinajstić information content (AvgIpc) is 2.31. The SMILES string of the molecule is CCCCC(CCO)(CCCC)CCCO. The standard InChI is InChI=1S/C14H30O2/c1-3-5-8-14(11-13-16,9-6-4-2)10-7-12-15/h15-16H,3-13H2,1-2H3. The van der Waals surface area contributed by atoms with Crippen molar-refractivity contribution in [1.29, 1.82) is 0 Å². The molecule has 0 unspecified atom stereocenters. The molecule has 0 radical (unpaired) electrons. The first-order valence-electron chi connectivity index (χ1n) is 6.96. The van der Waals surface area contributed by atoms with Gasteiger partial charge in [-0.3, -0.25) is 0 Å². The molecule has 0 atom stereocenters. The van der Waals surface area contributed by atoms with Crippen molar-refractivity contribution in [3.63, 3.8) is 0 Å². The molecule has 16 heavy (non-hydrogen) atoms. The van der Waals surface area contributed by atoms with Crippen molar-refractivity contribution in [3.8, 4) is 0 Å². The molecule has 0 heterocycles. The van der Waals surface area contributed by atoms with E-state index in [4.69, 9.17) is 5.11 Å². The number of hydrogen-bond donors (Lipinski definition) is 2. The molecular formula is C14H30O2. The minimum atomic E-state index is 0.283. The molecule has 0 saturated heterocycles. The molecule has 0 bridgehead atoms. The van der Waals surface area contributed by atoms with E-state index in [1.165, 1.54) is 38.5 Å². The fourth-order valence-corrected chi connectivity index (χ4v) is 2.54. The van der Waals surface area contributed by atoms with Crippen LogP contribution in [-0.4, -0.2) is 23.4 Å². The molecule has 0 amide bonds. The predicted octanol–water partition coefficient (Wildman–Crippen LogP) is 3.51. The van der Waals surface area contributed by atoms with Crippen molar-refractivity contribution in [2.24, 2.45) is 5.41 Å². The summed E-state index contributed by atoms with van der Waals surface area (Å²) in [6.45, 7) is 5.01. The summed E-state index contributed by atoms with van der Waals surface area (Å²) in [7, 11) is 0. The van der Waals surface area contributed by atoms with Crippen molar-refractivity contribution in [1.82, 2.24) is 0 Å².